The van der Waals surface area contributed by atoms with Crippen molar-refractivity contribution in [2.75, 3.05) is 0 Å². The smallest absolute Gasteiger partial charge is 0.159 e. The summed E-state index contributed by atoms with van der Waals surface area (Å²) in [4.78, 5) is 13.1. The molecule has 4 aliphatic rings. The van der Waals surface area contributed by atoms with E-state index in [1.54, 1.807) is 0 Å². The van der Waals surface area contributed by atoms with Crippen LogP contribution in [0.5, 0.6) is 0 Å². The lowest BCUT2D eigenvalue weighted by Crippen LogP contribution is -2.52. The van der Waals surface area contributed by atoms with E-state index in [2.05, 4.69) is 40.7 Å². The zero-order chi connectivity index (χ0) is 20.1. The molecule has 0 aliphatic heterocycles. The lowest BCUT2D eigenvalue weighted by atomic mass is 9.46. The van der Waals surface area contributed by atoms with Crippen molar-refractivity contribution in [1.82, 2.24) is 0 Å². The van der Waals surface area contributed by atoms with Crippen molar-refractivity contribution in [2.24, 2.45) is 46.3 Å². The van der Waals surface area contributed by atoms with Crippen molar-refractivity contribution in [3.8, 4) is 0 Å². The van der Waals surface area contributed by atoms with Gasteiger partial charge in [-0.15, -0.1) is 0 Å². The van der Waals surface area contributed by atoms with Gasteiger partial charge in [0.1, 0.15) is 0 Å². The van der Waals surface area contributed by atoms with Gasteiger partial charge in [-0.2, -0.15) is 0 Å². The zero-order valence-electron chi connectivity index (χ0n) is 19.2. The van der Waals surface area contributed by atoms with Gasteiger partial charge >= 0.3 is 0 Å². The Kier molecular flexibility index (Phi) is 5.60. The van der Waals surface area contributed by atoms with Gasteiger partial charge in [-0.3, -0.25) is 4.79 Å². The SMILES string of the molecule is CC(C)CCC[C@@H](C)[C@H]1CC[C@@H]2[C@H]3CC(=O)C4=CCCC[C@]4(C)[C@@H]3CC[C@]21C. The number of ketones is 1. The van der Waals surface area contributed by atoms with Gasteiger partial charge < -0.3 is 0 Å². The fourth-order valence-corrected chi connectivity index (χ4v) is 8.61. The Hall–Kier alpha value is -0.590. The molecule has 4 rings (SSSR count). The highest BCUT2D eigenvalue weighted by atomic mass is 16.1. The van der Waals surface area contributed by atoms with Gasteiger partial charge in [0.2, 0.25) is 0 Å². The molecule has 1 nitrogen and oxygen atoms in total. The molecule has 0 N–H and O–H groups in total. The molecule has 0 unspecified atom stereocenters. The molecule has 0 amide bonds. The molecule has 0 radical (unpaired) electrons. The Balaban J connectivity index is 1.52. The zero-order valence-corrected chi connectivity index (χ0v) is 19.2. The molecule has 0 bridgehead atoms. The van der Waals surface area contributed by atoms with E-state index in [-0.39, 0.29) is 5.41 Å². The van der Waals surface area contributed by atoms with Crippen molar-refractivity contribution < 1.29 is 4.79 Å². The molecule has 0 spiro atoms. The molecular formula is C27H44O. The Morgan fingerprint density at radius 1 is 1.04 bits per heavy atom. The minimum absolute atomic E-state index is 0.195. The summed E-state index contributed by atoms with van der Waals surface area (Å²) in [5, 5.41) is 0. The third-order valence-electron chi connectivity index (χ3n) is 10.0. The van der Waals surface area contributed by atoms with Gasteiger partial charge in [0.15, 0.2) is 5.78 Å². The van der Waals surface area contributed by atoms with Crippen LogP contribution < -0.4 is 0 Å². The average Bonchev–Trinajstić information content (AvgIpc) is 2.99. The third kappa shape index (κ3) is 3.24. The van der Waals surface area contributed by atoms with Gasteiger partial charge in [-0.05, 0) is 96.9 Å². The van der Waals surface area contributed by atoms with Crippen LogP contribution in [0.2, 0.25) is 0 Å². The van der Waals surface area contributed by atoms with Crippen molar-refractivity contribution in [1.29, 1.82) is 0 Å². The van der Waals surface area contributed by atoms with Gasteiger partial charge in [-0.25, -0.2) is 0 Å². The number of hydrogen-bond donors (Lipinski definition) is 0. The van der Waals surface area contributed by atoms with E-state index in [0.717, 1.165) is 42.4 Å². The Morgan fingerprint density at radius 2 is 1.82 bits per heavy atom. The number of carbonyl (C=O) groups excluding carboxylic acids is 1. The minimum Gasteiger partial charge on any atom is -0.295 e. The van der Waals surface area contributed by atoms with Gasteiger partial charge in [0.05, 0.1) is 0 Å². The number of carbonyl (C=O) groups is 1. The monoisotopic (exact) mass is 384 g/mol. The summed E-state index contributed by atoms with van der Waals surface area (Å²) in [7, 11) is 0. The fourth-order valence-electron chi connectivity index (χ4n) is 8.61. The molecule has 0 saturated heterocycles. The van der Waals surface area contributed by atoms with Crippen molar-refractivity contribution >= 4 is 5.78 Å². The van der Waals surface area contributed by atoms with Crippen LogP contribution in [0.25, 0.3) is 0 Å². The molecule has 0 heterocycles. The molecule has 4 aliphatic carbocycles. The molecule has 0 aromatic carbocycles. The lowest BCUT2D eigenvalue weighted by Gasteiger charge is -2.58. The van der Waals surface area contributed by atoms with Crippen LogP contribution >= 0.6 is 0 Å². The quantitative estimate of drug-likeness (QED) is 0.477. The first kappa shape index (κ1) is 20.7. The van der Waals surface area contributed by atoms with E-state index in [0.29, 0.717) is 17.1 Å². The number of Topliss-reactive ketones (excluding diaryl/α,β-unsaturated/α-hetero) is 1. The van der Waals surface area contributed by atoms with E-state index >= 15 is 0 Å². The molecule has 3 saturated carbocycles. The molecule has 158 valence electrons. The van der Waals surface area contributed by atoms with Crippen LogP contribution in [0.1, 0.15) is 105 Å². The summed E-state index contributed by atoms with van der Waals surface area (Å²) < 4.78 is 0. The number of hydrogen-bond acceptors (Lipinski definition) is 1. The van der Waals surface area contributed by atoms with Gasteiger partial charge in [-0.1, -0.05) is 60.0 Å². The summed E-state index contributed by atoms with van der Waals surface area (Å²) in [6, 6.07) is 0. The summed E-state index contributed by atoms with van der Waals surface area (Å²) in [6.45, 7) is 12.3. The van der Waals surface area contributed by atoms with E-state index in [9.17, 15) is 4.79 Å². The normalized spacial score (nSPS) is 43.9. The Bertz CT molecular complexity index is 630. The highest BCUT2D eigenvalue weighted by Gasteiger charge is 2.60. The van der Waals surface area contributed by atoms with E-state index < -0.39 is 0 Å². The largest absolute Gasteiger partial charge is 0.295 e. The number of rotatable bonds is 5. The van der Waals surface area contributed by atoms with Crippen LogP contribution in [-0.2, 0) is 4.79 Å². The van der Waals surface area contributed by atoms with E-state index in [4.69, 9.17) is 0 Å². The summed E-state index contributed by atoms with van der Waals surface area (Å²) in [5.41, 5.74) is 1.92. The molecule has 0 aromatic heterocycles. The predicted molar refractivity (Wildman–Crippen MR) is 118 cm³/mol. The standard InChI is InChI=1S/C27H44O/c1-18(2)9-8-10-19(3)21-12-13-22-20-17-25(28)24-11-6-7-15-26(24,4)23(20)14-16-27(21,22)5/h11,18-23H,6-10,12-17H2,1-5H3/t19-,20-,21-,22-,23-,26-,27+/m1/s1. The van der Waals surface area contributed by atoms with E-state index in [1.807, 2.05) is 0 Å². The lowest BCUT2D eigenvalue weighted by molar-refractivity contribution is -0.129. The van der Waals surface area contributed by atoms with Crippen molar-refractivity contribution in [3.05, 3.63) is 11.6 Å². The molecule has 3 fully saturated rings. The maximum atomic E-state index is 13.1. The Morgan fingerprint density at radius 3 is 2.57 bits per heavy atom. The molecule has 28 heavy (non-hydrogen) atoms. The summed E-state index contributed by atoms with van der Waals surface area (Å²) in [5.74, 6) is 5.32. The second-order valence-electron chi connectivity index (χ2n) is 12.0. The highest BCUT2D eigenvalue weighted by molar-refractivity contribution is 5.98. The molecule has 7 atom stereocenters. The topological polar surface area (TPSA) is 17.1 Å². The first-order chi connectivity index (χ1) is 13.3. The fraction of sp³-hybridized carbons (Fsp3) is 0.889. The Labute approximate surface area is 174 Å². The first-order valence-electron chi connectivity index (χ1n) is 12.5. The van der Waals surface area contributed by atoms with Crippen LogP contribution in [-0.4, -0.2) is 5.78 Å². The average molecular weight is 385 g/mol. The van der Waals surface area contributed by atoms with Gasteiger partial charge in [0, 0.05) is 6.42 Å². The maximum Gasteiger partial charge on any atom is 0.159 e. The van der Waals surface area contributed by atoms with E-state index in [1.165, 1.54) is 63.4 Å². The predicted octanol–water partition coefficient (Wildman–Crippen LogP) is 7.60. The minimum atomic E-state index is 0.195. The maximum absolute atomic E-state index is 13.1. The number of allylic oxidation sites excluding steroid dienone is 2. The van der Waals surface area contributed by atoms with Crippen LogP contribution in [0, 0.1) is 46.3 Å². The van der Waals surface area contributed by atoms with Crippen LogP contribution in [0.4, 0.5) is 0 Å². The summed E-state index contributed by atoms with van der Waals surface area (Å²) >= 11 is 0. The first-order valence-corrected chi connectivity index (χ1v) is 12.5. The summed E-state index contributed by atoms with van der Waals surface area (Å²) in [6.07, 6.45) is 16.6. The molecule has 0 aromatic rings. The van der Waals surface area contributed by atoms with Gasteiger partial charge in [0.25, 0.3) is 0 Å². The highest BCUT2D eigenvalue weighted by Crippen LogP contribution is 2.67. The van der Waals surface area contributed by atoms with Crippen molar-refractivity contribution in [3.63, 3.8) is 0 Å². The second-order valence-corrected chi connectivity index (χ2v) is 12.0. The molecule has 1 heteroatoms. The second kappa shape index (κ2) is 7.59. The van der Waals surface area contributed by atoms with Crippen LogP contribution in [0.15, 0.2) is 11.6 Å². The van der Waals surface area contributed by atoms with Crippen LogP contribution in [0.3, 0.4) is 0 Å². The number of fused-ring (bicyclic) bond motifs is 5. The molecular weight excluding hydrogens is 340 g/mol. The third-order valence-corrected chi connectivity index (χ3v) is 10.0. The van der Waals surface area contributed by atoms with Crippen molar-refractivity contribution in [2.45, 2.75) is 105 Å².